The molecule has 8 heteroatoms. The van der Waals surface area contributed by atoms with E-state index in [1.165, 1.54) is 0 Å². The van der Waals surface area contributed by atoms with Crippen molar-refractivity contribution >= 4 is 5.82 Å². The molecule has 3 N–H and O–H groups in total. The molecule has 8 nitrogen and oxygen atoms in total. The summed E-state index contributed by atoms with van der Waals surface area (Å²) in [6.07, 6.45) is 1.54. The number of nitrogen functional groups attached to an aromatic ring is 1. The van der Waals surface area contributed by atoms with E-state index in [2.05, 4.69) is 25.5 Å². The number of aryl methyl sites for hydroxylation is 1. The Morgan fingerprint density at radius 2 is 2.05 bits per heavy atom. The van der Waals surface area contributed by atoms with Crippen molar-refractivity contribution in [3.63, 3.8) is 0 Å². The van der Waals surface area contributed by atoms with Crippen molar-refractivity contribution in [1.29, 1.82) is 0 Å². The molecular weight excluding hydrogens is 246 g/mol. The third-order valence-corrected chi connectivity index (χ3v) is 2.30. The zero-order chi connectivity index (χ0) is 14.0. The van der Waals surface area contributed by atoms with Gasteiger partial charge in [-0.05, 0) is 0 Å². The summed E-state index contributed by atoms with van der Waals surface area (Å²) in [4.78, 5) is 12.6. The van der Waals surface area contributed by atoms with Crippen molar-refractivity contribution in [1.82, 2.24) is 24.7 Å². The number of nitrogens with zero attached hydrogens (tertiary/aromatic N) is 5. The van der Waals surface area contributed by atoms with E-state index in [4.69, 9.17) is 10.6 Å². The molecule has 0 bridgehead atoms. The summed E-state index contributed by atoms with van der Waals surface area (Å²) in [7, 11) is 1.76. The van der Waals surface area contributed by atoms with Gasteiger partial charge >= 0.3 is 6.01 Å². The lowest BCUT2D eigenvalue weighted by Crippen LogP contribution is -2.19. The van der Waals surface area contributed by atoms with Crippen molar-refractivity contribution < 1.29 is 4.74 Å². The van der Waals surface area contributed by atoms with E-state index >= 15 is 0 Å². The maximum Gasteiger partial charge on any atom is 0.342 e. The van der Waals surface area contributed by atoms with Gasteiger partial charge < -0.3 is 10.2 Å². The predicted octanol–water partition coefficient (Wildman–Crippen LogP) is 0.980. The van der Waals surface area contributed by atoms with Crippen molar-refractivity contribution in [3.8, 4) is 11.9 Å². The van der Waals surface area contributed by atoms with E-state index in [-0.39, 0.29) is 11.4 Å². The fourth-order valence-electron chi connectivity index (χ4n) is 1.35. The van der Waals surface area contributed by atoms with Gasteiger partial charge in [0.1, 0.15) is 18.0 Å². The molecule has 0 aliphatic heterocycles. The van der Waals surface area contributed by atoms with E-state index in [9.17, 15) is 0 Å². The molecule has 0 saturated carbocycles. The van der Waals surface area contributed by atoms with Gasteiger partial charge in [0, 0.05) is 18.5 Å². The van der Waals surface area contributed by atoms with Gasteiger partial charge in [0.25, 0.3) is 0 Å². The van der Waals surface area contributed by atoms with Crippen LogP contribution in [0.2, 0.25) is 0 Å². The van der Waals surface area contributed by atoms with Gasteiger partial charge in [-0.2, -0.15) is 9.97 Å². The first-order valence-electron chi connectivity index (χ1n) is 5.78. The first-order valence-corrected chi connectivity index (χ1v) is 5.78. The van der Waals surface area contributed by atoms with E-state index in [0.29, 0.717) is 17.5 Å². The smallest absolute Gasteiger partial charge is 0.342 e. The molecule has 0 spiro atoms. The highest BCUT2D eigenvalue weighted by atomic mass is 16.5. The van der Waals surface area contributed by atoms with E-state index < -0.39 is 0 Å². The zero-order valence-electron chi connectivity index (χ0n) is 11.4. The van der Waals surface area contributed by atoms with Crippen molar-refractivity contribution in [2.24, 2.45) is 12.9 Å². The third kappa shape index (κ3) is 3.16. The number of nitrogens with one attached hydrogen (secondary N) is 1. The Labute approximate surface area is 111 Å². The molecule has 19 heavy (non-hydrogen) atoms. The lowest BCUT2D eigenvalue weighted by atomic mass is 9.96. The summed E-state index contributed by atoms with van der Waals surface area (Å²) in [5.41, 5.74) is 2.27. The molecule has 0 fully saturated rings. The van der Waals surface area contributed by atoms with Crippen molar-refractivity contribution in [3.05, 3.63) is 18.2 Å². The molecule has 0 aromatic carbocycles. The van der Waals surface area contributed by atoms with Crippen LogP contribution in [0, 0.1) is 0 Å². The fraction of sp³-hybridized carbons (Fsp3) is 0.455. The average Bonchev–Trinajstić information content (AvgIpc) is 2.73. The van der Waals surface area contributed by atoms with Gasteiger partial charge in [-0.1, -0.05) is 20.8 Å². The van der Waals surface area contributed by atoms with E-state index in [0.717, 1.165) is 0 Å². The van der Waals surface area contributed by atoms with Crippen LogP contribution in [-0.4, -0.2) is 24.7 Å². The molecule has 0 amide bonds. The van der Waals surface area contributed by atoms with Gasteiger partial charge in [0.05, 0.1) is 0 Å². The fourth-order valence-corrected chi connectivity index (χ4v) is 1.35. The second-order valence-electron chi connectivity index (χ2n) is 5.11. The Balaban J connectivity index is 2.34. The third-order valence-electron chi connectivity index (χ3n) is 2.30. The number of rotatable bonds is 3. The van der Waals surface area contributed by atoms with Crippen LogP contribution in [0.15, 0.2) is 12.4 Å². The molecule has 2 heterocycles. The molecule has 2 rings (SSSR count). The van der Waals surface area contributed by atoms with E-state index in [1.807, 2.05) is 20.8 Å². The highest BCUT2D eigenvalue weighted by Crippen LogP contribution is 2.24. The Bertz CT molecular complexity index is 573. The minimum atomic E-state index is -0.220. The highest BCUT2D eigenvalue weighted by molar-refractivity contribution is 5.38. The Kier molecular flexibility index (Phi) is 3.34. The second kappa shape index (κ2) is 4.81. The SMILES string of the molecule is Cn1cnc(Oc2cc(NN)nc(C(C)(C)C)n2)n1. The molecule has 0 aliphatic rings. The summed E-state index contributed by atoms with van der Waals surface area (Å²) < 4.78 is 7.03. The molecule has 0 saturated heterocycles. The zero-order valence-corrected chi connectivity index (χ0v) is 11.4. The summed E-state index contributed by atoms with van der Waals surface area (Å²) in [6.45, 7) is 6.02. The van der Waals surface area contributed by atoms with Crippen LogP contribution in [0.5, 0.6) is 11.9 Å². The Morgan fingerprint density at radius 3 is 2.58 bits per heavy atom. The maximum atomic E-state index is 5.49. The molecule has 102 valence electrons. The molecular formula is C11H17N7O. The molecule has 0 radical (unpaired) electrons. The Hall–Kier alpha value is -2.22. The van der Waals surface area contributed by atoms with Crippen LogP contribution in [0.25, 0.3) is 0 Å². The monoisotopic (exact) mass is 263 g/mol. The number of ether oxygens (including phenoxy) is 1. The second-order valence-corrected chi connectivity index (χ2v) is 5.11. The minimum absolute atomic E-state index is 0.220. The number of anilines is 1. The molecule has 0 atom stereocenters. The number of nitrogens with two attached hydrogens (primary N) is 1. The molecule has 2 aromatic heterocycles. The maximum absolute atomic E-state index is 5.49. The van der Waals surface area contributed by atoms with Crippen LogP contribution in [0.4, 0.5) is 5.82 Å². The molecule has 2 aromatic rings. The minimum Gasteiger partial charge on any atom is -0.404 e. The van der Waals surface area contributed by atoms with Crippen LogP contribution in [-0.2, 0) is 12.5 Å². The normalized spacial score (nSPS) is 11.4. The van der Waals surface area contributed by atoms with Gasteiger partial charge in [-0.25, -0.2) is 10.8 Å². The topological polar surface area (TPSA) is 104 Å². The van der Waals surface area contributed by atoms with Crippen molar-refractivity contribution in [2.45, 2.75) is 26.2 Å². The first-order chi connectivity index (χ1) is 8.88. The Morgan fingerprint density at radius 1 is 1.32 bits per heavy atom. The number of hydrogen-bond donors (Lipinski definition) is 2. The first kappa shape index (κ1) is 13.2. The number of hydrogen-bond acceptors (Lipinski definition) is 7. The van der Waals surface area contributed by atoms with Gasteiger partial charge in [-0.15, -0.1) is 5.10 Å². The average molecular weight is 263 g/mol. The van der Waals surface area contributed by atoms with Crippen molar-refractivity contribution in [2.75, 3.05) is 5.43 Å². The van der Waals surface area contributed by atoms with Gasteiger partial charge in [0.15, 0.2) is 0 Å². The predicted molar refractivity (Wildman–Crippen MR) is 69.6 cm³/mol. The highest BCUT2D eigenvalue weighted by Gasteiger charge is 2.20. The lowest BCUT2D eigenvalue weighted by Gasteiger charge is -2.17. The van der Waals surface area contributed by atoms with Gasteiger partial charge in [0.2, 0.25) is 5.88 Å². The van der Waals surface area contributed by atoms with Crippen LogP contribution in [0.1, 0.15) is 26.6 Å². The van der Waals surface area contributed by atoms with E-state index in [1.54, 1.807) is 24.1 Å². The quantitative estimate of drug-likeness (QED) is 0.628. The number of hydrazine groups is 1. The number of aromatic nitrogens is 5. The van der Waals surface area contributed by atoms with Crippen LogP contribution in [0.3, 0.4) is 0 Å². The molecule has 0 unspecified atom stereocenters. The van der Waals surface area contributed by atoms with Crippen LogP contribution >= 0.6 is 0 Å². The molecule has 0 aliphatic carbocycles. The van der Waals surface area contributed by atoms with Gasteiger partial charge in [-0.3, -0.25) is 4.68 Å². The summed E-state index contributed by atoms with van der Waals surface area (Å²) in [5.74, 6) is 6.84. The summed E-state index contributed by atoms with van der Waals surface area (Å²) in [6, 6.07) is 1.81. The standard InChI is InChI=1S/C11H17N7O/c1-11(2,3)9-14-7(16-12)5-8(15-9)19-10-13-6-18(4)17-10/h5-6H,12H2,1-4H3,(H,14,15,16). The van der Waals surface area contributed by atoms with Crippen LogP contribution < -0.4 is 16.0 Å². The summed E-state index contributed by atoms with van der Waals surface area (Å²) in [5, 5.41) is 4.02. The summed E-state index contributed by atoms with van der Waals surface area (Å²) >= 11 is 0. The lowest BCUT2D eigenvalue weighted by molar-refractivity contribution is 0.412. The largest absolute Gasteiger partial charge is 0.404 e.